The number of hydrogen-bond acceptors (Lipinski definition) is 4. The summed E-state index contributed by atoms with van der Waals surface area (Å²) in [5.41, 5.74) is 5.35. The number of thioether (sulfide) groups is 1. The van der Waals surface area contributed by atoms with Gasteiger partial charge >= 0.3 is 5.97 Å². The highest BCUT2D eigenvalue weighted by Gasteiger charge is 2.09. The van der Waals surface area contributed by atoms with Crippen molar-refractivity contribution in [1.82, 2.24) is 4.57 Å². The van der Waals surface area contributed by atoms with Crippen molar-refractivity contribution in [3.8, 4) is 0 Å². The third kappa shape index (κ3) is 5.06. The lowest BCUT2D eigenvalue weighted by atomic mass is 10.2. The van der Waals surface area contributed by atoms with E-state index >= 15 is 0 Å². The van der Waals surface area contributed by atoms with Crippen molar-refractivity contribution in [2.24, 2.45) is 5.73 Å². The number of carboxylic acids is 1. The second-order valence-electron chi connectivity index (χ2n) is 3.58. The molecule has 5 nitrogen and oxygen atoms in total. The molecule has 1 heterocycles. The Morgan fingerprint density at radius 1 is 1.47 bits per heavy atom. The van der Waals surface area contributed by atoms with E-state index in [1.165, 1.54) is 6.07 Å². The molecule has 6 heteroatoms. The lowest BCUT2D eigenvalue weighted by Gasteiger charge is -2.07. The number of carboxylic acid groups (broad SMARTS) is 1. The van der Waals surface area contributed by atoms with Crippen LogP contribution in [0.1, 0.15) is 6.42 Å². The Hall–Kier alpha value is -1.27. The number of aliphatic carboxylic acids is 1. The molecule has 0 aromatic carbocycles. The summed E-state index contributed by atoms with van der Waals surface area (Å²) in [7, 11) is 0. The van der Waals surface area contributed by atoms with Crippen molar-refractivity contribution in [3.63, 3.8) is 0 Å². The number of aromatic nitrogens is 1. The molecule has 0 radical (unpaired) electrons. The first-order chi connectivity index (χ1) is 8.11. The number of hydrogen-bond donors (Lipinski definition) is 2. The maximum atomic E-state index is 11.3. The van der Waals surface area contributed by atoms with Crippen molar-refractivity contribution < 1.29 is 9.90 Å². The molecule has 1 aromatic heterocycles. The molecule has 1 atom stereocenters. The zero-order chi connectivity index (χ0) is 12.7. The van der Waals surface area contributed by atoms with Gasteiger partial charge in [0.25, 0.3) is 5.56 Å². The van der Waals surface area contributed by atoms with Crippen molar-refractivity contribution in [2.45, 2.75) is 19.0 Å². The average Bonchev–Trinajstić information content (AvgIpc) is 2.30. The van der Waals surface area contributed by atoms with Crippen LogP contribution in [0.25, 0.3) is 0 Å². The third-order valence-corrected chi connectivity index (χ3v) is 3.26. The quantitative estimate of drug-likeness (QED) is 0.689. The van der Waals surface area contributed by atoms with Gasteiger partial charge in [0, 0.05) is 24.6 Å². The predicted octanol–water partition coefficient (Wildman–Crippen LogP) is 0.383. The fourth-order valence-electron chi connectivity index (χ4n) is 1.24. The van der Waals surface area contributed by atoms with Crippen LogP contribution in [0.15, 0.2) is 29.2 Å². The summed E-state index contributed by atoms with van der Waals surface area (Å²) >= 11 is 1.60. The summed E-state index contributed by atoms with van der Waals surface area (Å²) in [4.78, 5) is 21.8. The molecular weight excluding hydrogens is 240 g/mol. The summed E-state index contributed by atoms with van der Waals surface area (Å²) in [6.07, 6.45) is 2.19. The van der Waals surface area contributed by atoms with Gasteiger partial charge in [-0.05, 0) is 18.2 Å². The molecule has 0 bridgehead atoms. The van der Waals surface area contributed by atoms with E-state index < -0.39 is 12.0 Å². The predicted molar refractivity (Wildman–Crippen MR) is 68.3 cm³/mol. The fraction of sp³-hybridized carbons (Fsp3) is 0.455. The van der Waals surface area contributed by atoms with E-state index in [0.29, 0.717) is 18.7 Å². The number of aryl methyl sites for hydroxylation is 1. The Labute approximate surface area is 104 Å². The van der Waals surface area contributed by atoms with E-state index in [4.69, 9.17) is 10.8 Å². The summed E-state index contributed by atoms with van der Waals surface area (Å²) in [5, 5.41) is 8.57. The van der Waals surface area contributed by atoms with E-state index in [2.05, 4.69) is 0 Å². The second-order valence-corrected chi connectivity index (χ2v) is 4.80. The van der Waals surface area contributed by atoms with Crippen LogP contribution >= 0.6 is 11.8 Å². The van der Waals surface area contributed by atoms with Gasteiger partial charge in [-0.25, -0.2) is 0 Å². The maximum absolute atomic E-state index is 11.3. The highest BCUT2D eigenvalue weighted by atomic mass is 32.2. The lowest BCUT2D eigenvalue weighted by molar-refractivity contribution is -0.138. The molecule has 0 saturated heterocycles. The minimum absolute atomic E-state index is 0.0182. The molecule has 0 spiro atoms. The van der Waals surface area contributed by atoms with Crippen molar-refractivity contribution in [1.29, 1.82) is 0 Å². The van der Waals surface area contributed by atoms with Crippen LogP contribution in [-0.2, 0) is 11.3 Å². The zero-order valence-corrected chi connectivity index (χ0v) is 10.2. The highest BCUT2D eigenvalue weighted by molar-refractivity contribution is 7.99. The van der Waals surface area contributed by atoms with Gasteiger partial charge in [0.05, 0.1) is 0 Å². The van der Waals surface area contributed by atoms with Crippen LogP contribution in [-0.4, -0.2) is 33.2 Å². The van der Waals surface area contributed by atoms with Crippen molar-refractivity contribution >= 4 is 17.7 Å². The SMILES string of the molecule is NC(CCSCCn1ccccc1=O)C(=O)O. The lowest BCUT2D eigenvalue weighted by Crippen LogP contribution is -2.30. The Morgan fingerprint density at radius 3 is 2.88 bits per heavy atom. The van der Waals surface area contributed by atoms with Crippen molar-refractivity contribution in [2.75, 3.05) is 11.5 Å². The number of rotatable bonds is 7. The molecule has 1 aromatic rings. The van der Waals surface area contributed by atoms with Gasteiger partial charge in [-0.1, -0.05) is 6.07 Å². The van der Waals surface area contributed by atoms with E-state index in [0.717, 1.165) is 5.75 Å². The second kappa shape index (κ2) is 7.13. The van der Waals surface area contributed by atoms with Crippen LogP contribution < -0.4 is 11.3 Å². The van der Waals surface area contributed by atoms with Gasteiger partial charge in [-0.2, -0.15) is 11.8 Å². The molecule has 94 valence electrons. The van der Waals surface area contributed by atoms with Gasteiger partial charge in [0.2, 0.25) is 0 Å². The van der Waals surface area contributed by atoms with E-state index in [1.807, 2.05) is 6.07 Å². The Bertz CT molecular complexity index is 419. The number of nitrogens with zero attached hydrogens (tertiary/aromatic N) is 1. The Kier molecular flexibility index (Phi) is 5.79. The van der Waals surface area contributed by atoms with Gasteiger partial charge in [0.1, 0.15) is 6.04 Å². The average molecular weight is 256 g/mol. The van der Waals surface area contributed by atoms with Gasteiger partial charge in [-0.3, -0.25) is 9.59 Å². The minimum atomic E-state index is -0.968. The monoisotopic (exact) mass is 256 g/mol. The molecule has 3 N–H and O–H groups in total. The Morgan fingerprint density at radius 2 is 2.24 bits per heavy atom. The van der Waals surface area contributed by atoms with Crippen LogP contribution in [0, 0.1) is 0 Å². The molecule has 1 unspecified atom stereocenters. The molecule has 1 rings (SSSR count). The largest absolute Gasteiger partial charge is 0.480 e. The van der Waals surface area contributed by atoms with Crippen LogP contribution in [0.4, 0.5) is 0 Å². The number of nitrogens with two attached hydrogens (primary N) is 1. The fourth-order valence-corrected chi connectivity index (χ4v) is 2.19. The normalized spacial score (nSPS) is 12.3. The smallest absolute Gasteiger partial charge is 0.320 e. The topological polar surface area (TPSA) is 85.3 Å². The van der Waals surface area contributed by atoms with Gasteiger partial charge in [-0.15, -0.1) is 0 Å². The molecule has 0 aliphatic carbocycles. The molecule has 0 fully saturated rings. The Balaban J connectivity index is 2.19. The standard InChI is InChI=1S/C11H16N2O3S/c12-9(11(15)16)4-7-17-8-6-13-5-2-1-3-10(13)14/h1-3,5,9H,4,6-8,12H2,(H,15,16). The molecule has 0 saturated carbocycles. The molecule has 0 aliphatic heterocycles. The zero-order valence-electron chi connectivity index (χ0n) is 9.41. The van der Waals surface area contributed by atoms with Gasteiger partial charge in [0.15, 0.2) is 0 Å². The van der Waals surface area contributed by atoms with Gasteiger partial charge < -0.3 is 15.4 Å². The maximum Gasteiger partial charge on any atom is 0.320 e. The first kappa shape index (κ1) is 13.8. The third-order valence-electron chi connectivity index (χ3n) is 2.27. The number of carbonyl (C=O) groups is 1. The van der Waals surface area contributed by atoms with Crippen molar-refractivity contribution in [3.05, 3.63) is 34.7 Å². The van der Waals surface area contributed by atoms with E-state index in [-0.39, 0.29) is 5.56 Å². The first-order valence-corrected chi connectivity index (χ1v) is 6.48. The summed E-state index contributed by atoms with van der Waals surface area (Å²) in [6.45, 7) is 0.632. The summed E-state index contributed by atoms with van der Waals surface area (Å²) in [5.74, 6) is 0.496. The highest BCUT2D eigenvalue weighted by Crippen LogP contribution is 2.04. The molecule has 0 amide bonds. The van der Waals surface area contributed by atoms with E-state index in [1.54, 1.807) is 28.6 Å². The summed E-state index contributed by atoms with van der Waals surface area (Å²) in [6, 6.07) is 4.25. The van der Waals surface area contributed by atoms with Crippen LogP contribution in [0.5, 0.6) is 0 Å². The first-order valence-electron chi connectivity index (χ1n) is 5.33. The number of pyridine rings is 1. The molecule has 0 aliphatic rings. The summed E-state index contributed by atoms with van der Waals surface area (Å²) < 4.78 is 1.63. The van der Waals surface area contributed by atoms with Crippen LogP contribution in [0.3, 0.4) is 0 Å². The van der Waals surface area contributed by atoms with E-state index in [9.17, 15) is 9.59 Å². The molecule has 17 heavy (non-hydrogen) atoms. The van der Waals surface area contributed by atoms with Crippen LogP contribution in [0.2, 0.25) is 0 Å². The molecular formula is C11H16N2O3S. The minimum Gasteiger partial charge on any atom is -0.480 e.